The summed E-state index contributed by atoms with van der Waals surface area (Å²) in [5, 5.41) is 0. The molecule has 0 bridgehead atoms. The third-order valence-corrected chi connectivity index (χ3v) is 2.54. The summed E-state index contributed by atoms with van der Waals surface area (Å²) in [5.41, 5.74) is 0.434. The van der Waals surface area contributed by atoms with Gasteiger partial charge in [-0.05, 0) is 12.3 Å². The first-order valence-electron chi connectivity index (χ1n) is 5.14. The fraction of sp³-hybridized carbons (Fsp3) is 0.615. The van der Waals surface area contributed by atoms with Crippen LogP contribution in [0.25, 0.3) is 0 Å². The maximum Gasteiger partial charge on any atom is 0.304 e. The first-order valence-corrected chi connectivity index (χ1v) is 5.14. The Morgan fingerprint density at radius 1 is 1.60 bits per heavy atom. The topological polar surface area (TPSA) is 26.3 Å². The third-order valence-electron chi connectivity index (χ3n) is 2.54. The molecule has 0 aromatic heterocycles. The lowest BCUT2D eigenvalue weighted by molar-refractivity contribution is -0.153. The summed E-state index contributed by atoms with van der Waals surface area (Å²) in [6, 6.07) is 0. The standard InChI is InChI=1S/C13H18O2/c1-6-13(15-11(3)14)8-10(2)7-12(4,5)9-13/h1,7H,8-9H2,2-5H3. The molecule has 2 heteroatoms. The molecule has 0 aromatic carbocycles. The van der Waals surface area contributed by atoms with Crippen molar-refractivity contribution in [2.45, 2.75) is 46.1 Å². The SMILES string of the molecule is C#CC1(OC(C)=O)CC(C)=CC(C)(C)C1. The van der Waals surface area contributed by atoms with Crippen LogP contribution >= 0.6 is 0 Å². The van der Waals surface area contributed by atoms with Gasteiger partial charge in [0.1, 0.15) is 0 Å². The summed E-state index contributed by atoms with van der Waals surface area (Å²) in [4.78, 5) is 11.1. The lowest BCUT2D eigenvalue weighted by Gasteiger charge is -2.39. The number of hydrogen-bond donors (Lipinski definition) is 0. The minimum atomic E-state index is -0.742. The first-order chi connectivity index (χ1) is 6.79. The van der Waals surface area contributed by atoms with Gasteiger partial charge in [-0.1, -0.05) is 31.4 Å². The van der Waals surface area contributed by atoms with Gasteiger partial charge in [0.2, 0.25) is 0 Å². The molecule has 0 aliphatic heterocycles. The van der Waals surface area contributed by atoms with E-state index in [1.165, 1.54) is 12.5 Å². The molecule has 0 saturated heterocycles. The molecule has 0 fully saturated rings. The summed E-state index contributed by atoms with van der Waals surface area (Å²) in [6.07, 6.45) is 9.05. The predicted octanol–water partition coefficient (Wildman–Crippen LogP) is 2.69. The second-order valence-corrected chi connectivity index (χ2v) is 5.07. The number of terminal acetylenes is 1. The summed E-state index contributed by atoms with van der Waals surface area (Å²) in [5.74, 6) is 2.34. The van der Waals surface area contributed by atoms with E-state index in [1.807, 2.05) is 6.92 Å². The van der Waals surface area contributed by atoms with E-state index in [-0.39, 0.29) is 11.4 Å². The monoisotopic (exact) mass is 206 g/mol. The number of carbonyl (C=O) groups is 1. The average molecular weight is 206 g/mol. The Balaban J connectivity index is 3.00. The molecule has 0 aromatic rings. The summed E-state index contributed by atoms with van der Waals surface area (Å²) < 4.78 is 5.32. The molecule has 0 saturated carbocycles. The smallest absolute Gasteiger partial charge is 0.304 e. The van der Waals surface area contributed by atoms with Gasteiger partial charge in [0.25, 0.3) is 0 Å². The van der Waals surface area contributed by atoms with Crippen LogP contribution in [0.1, 0.15) is 40.5 Å². The van der Waals surface area contributed by atoms with Crippen LogP contribution in [0.15, 0.2) is 11.6 Å². The zero-order valence-corrected chi connectivity index (χ0v) is 9.89. The maximum atomic E-state index is 11.1. The Kier molecular flexibility index (Phi) is 2.95. The lowest BCUT2D eigenvalue weighted by atomic mass is 9.72. The van der Waals surface area contributed by atoms with Gasteiger partial charge in [-0.3, -0.25) is 4.79 Å². The molecule has 0 N–H and O–H groups in total. The van der Waals surface area contributed by atoms with Crippen molar-refractivity contribution in [3.63, 3.8) is 0 Å². The Morgan fingerprint density at radius 2 is 2.20 bits per heavy atom. The fourth-order valence-corrected chi connectivity index (χ4v) is 2.50. The van der Waals surface area contributed by atoms with Gasteiger partial charge < -0.3 is 4.74 Å². The number of ether oxygens (including phenoxy) is 1. The molecule has 1 unspecified atom stereocenters. The number of hydrogen-bond acceptors (Lipinski definition) is 2. The maximum absolute atomic E-state index is 11.1. The molecule has 0 heterocycles. The highest BCUT2D eigenvalue weighted by Crippen LogP contribution is 2.41. The van der Waals surface area contributed by atoms with Crippen LogP contribution in [-0.2, 0) is 9.53 Å². The summed E-state index contributed by atoms with van der Waals surface area (Å²) in [6.45, 7) is 7.63. The lowest BCUT2D eigenvalue weighted by Crippen LogP contribution is -2.40. The summed E-state index contributed by atoms with van der Waals surface area (Å²) >= 11 is 0. The average Bonchev–Trinajstić information content (AvgIpc) is 1.98. The second kappa shape index (κ2) is 3.73. The van der Waals surface area contributed by atoms with Crippen molar-refractivity contribution < 1.29 is 9.53 Å². The zero-order chi connectivity index (χ0) is 11.7. The van der Waals surface area contributed by atoms with E-state index in [4.69, 9.17) is 11.2 Å². The largest absolute Gasteiger partial charge is 0.446 e. The van der Waals surface area contributed by atoms with Crippen LogP contribution in [0.4, 0.5) is 0 Å². The van der Waals surface area contributed by atoms with Gasteiger partial charge in [0, 0.05) is 19.8 Å². The van der Waals surface area contributed by atoms with E-state index < -0.39 is 5.60 Å². The Labute approximate surface area is 91.7 Å². The molecule has 1 rings (SSSR count). The van der Waals surface area contributed by atoms with Crippen LogP contribution in [0.3, 0.4) is 0 Å². The predicted molar refractivity (Wildman–Crippen MR) is 60.1 cm³/mol. The van der Waals surface area contributed by atoms with Crippen LogP contribution in [-0.4, -0.2) is 11.6 Å². The van der Waals surface area contributed by atoms with E-state index in [0.29, 0.717) is 12.8 Å². The molecular formula is C13H18O2. The van der Waals surface area contributed by atoms with Crippen LogP contribution in [0, 0.1) is 17.8 Å². The van der Waals surface area contributed by atoms with E-state index in [2.05, 4.69) is 25.8 Å². The molecule has 82 valence electrons. The molecular weight excluding hydrogens is 188 g/mol. The highest BCUT2D eigenvalue weighted by molar-refractivity contribution is 5.67. The molecule has 0 spiro atoms. The van der Waals surface area contributed by atoms with E-state index >= 15 is 0 Å². The van der Waals surface area contributed by atoms with Gasteiger partial charge in [-0.2, -0.15) is 0 Å². The van der Waals surface area contributed by atoms with Crippen LogP contribution in [0.5, 0.6) is 0 Å². The Bertz CT molecular complexity index is 344. The second-order valence-electron chi connectivity index (χ2n) is 5.07. The van der Waals surface area contributed by atoms with Gasteiger partial charge in [0.15, 0.2) is 5.60 Å². The van der Waals surface area contributed by atoms with Gasteiger partial charge in [-0.25, -0.2) is 0 Å². The van der Waals surface area contributed by atoms with Gasteiger partial charge in [0.05, 0.1) is 0 Å². The van der Waals surface area contributed by atoms with Crippen molar-refractivity contribution in [2.24, 2.45) is 5.41 Å². The van der Waals surface area contributed by atoms with Crippen molar-refractivity contribution in [3.05, 3.63) is 11.6 Å². The van der Waals surface area contributed by atoms with E-state index in [0.717, 1.165) is 0 Å². The van der Waals surface area contributed by atoms with Crippen molar-refractivity contribution in [1.82, 2.24) is 0 Å². The highest BCUT2D eigenvalue weighted by Gasteiger charge is 2.40. The fourth-order valence-electron chi connectivity index (χ4n) is 2.50. The molecule has 0 amide bonds. The van der Waals surface area contributed by atoms with Crippen LogP contribution in [0.2, 0.25) is 0 Å². The molecule has 2 nitrogen and oxygen atoms in total. The van der Waals surface area contributed by atoms with Crippen molar-refractivity contribution in [3.8, 4) is 12.3 Å². The quantitative estimate of drug-likeness (QED) is 0.374. The number of carbonyl (C=O) groups excluding carboxylic acids is 1. The molecule has 0 radical (unpaired) electrons. The highest BCUT2D eigenvalue weighted by atomic mass is 16.6. The number of esters is 1. The van der Waals surface area contributed by atoms with E-state index in [1.54, 1.807) is 0 Å². The minimum absolute atomic E-state index is 0.00977. The summed E-state index contributed by atoms with van der Waals surface area (Å²) in [7, 11) is 0. The first kappa shape index (κ1) is 11.8. The van der Waals surface area contributed by atoms with Crippen molar-refractivity contribution in [1.29, 1.82) is 0 Å². The molecule has 1 atom stereocenters. The minimum Gasteiger partial charge on any atom is -0.446 e. The Hall–Kier alpha value is -1.23. The third kappa shape index (κ3) is 2.86. The van der Waals surface area contributed by atoms with E-state index in [9.17, 15) is 4.79 Å². The van der Waals surface area contributed by atoms with Crippen molar-refractivity contribution in [2.75, 3.05) is 0 Å². The van der Waals surface area contributed by atoms with Gasteiger partial charge >= 0.3 is 5.97 Å². The molecule has 15 heavy (non-hydrogen) atoms. The van der Waals surface area contributed by atoms with Gasteiger partial charge in [-0.15, -0.1) is 6.42 Å². The Morgan fingerprint density at radius 3 is 2.60 bits per heavy atom. The zero-order valence-electron chi connectivity index (χ0n) is 9.89. The molecule has 1 aliphatic rings. The number of allylic oxidation sites excluding steroid dienone is 1. The molecule has 1 aliphatic carbocycles. The number of rotatable bonds is 1. The van der Waals surface area contributed by atoms with Crippen molar-refractivity contribution >= 4 is 5.97 Å². The van der Waals surface area contributed by atoms with Crippen LogP contribution < -0.4 is 0 Å². The normalized spacial score (nSPS) is 28.9.